The van der Waals surface area contributed by atoms with E-state index in [-0.39, 0.29) is 12.7 Å². The van der Waals surface area contributed by atoms with Crippen LogP contribution in [0.25, 0.3) is 0 Å². The van der Waals surface area contributed by atoms with Crippen LogP contribution < -0.4 is 5.32 Å². The van der Waals surface area contributed by atoms with Crippen molar-refractivity contribution in [2.24, 2.45) is 11.8 Å². The molecule has 18 heavy (non-hydrogen) atoms. The number of likely N-dealkylation sites (tertiary alicyclic amines) is 1. The van der Waals surface area contributed by atoms with Crippen LogP contribution in [0.3, 0.4) is 0 Å². The van der Waals surface area contributed by atoms with Gasteiger partial charge in [-0.15, -0.1) is 0 Å². The van der Waals surface area contributed by atoms with Gasteiger partial charge in [-0.25, -0.2) is 0 Å². The largest absolute Gasteiger partial charge is 0.395 e. The van der Waals surface area contributed by atoms with Gasteiger partial charge in [0.05, 0.1) is 12.7 Å². The quantitative estimate of drug-likeness (QED) is 0.629. The molecule has 4 nitrogen and oxygen atoms in total. The molecule has 0 bridgehead atoms. The molecule has 0 aromatic heterocycles. The van der Waals surface area contributed by atoms with Gasteiger partial charge in [0.1, 0.15) is 0 Å². The number of aliphatic hydroxyl groups excluding tert-OH is 2. The molecule has 0 spiro atoms. The normalized spacial score (nSPS) is 27.7. The van der Waals surface area contributed by atoms with E-state index < -0.39 is 0 Å². The number of rotatable bonds is 7. The molecule has 0 radical (unpaired) electrons. The van der Waals surface area contributed by atoms with E-state index in [0.29, 0.717) is 18.5 Å². The fourth-order valence-corrected chi connectivity index (χ4v) is 2.63. The summed E-state index contributed by atoms with van der Waals surface area (Å²) in [6.45, 7) is 10.2. The molecule has 0 aromatic carbocycles. The maximum Gasteiger partial charge on any atom is 0.0558 e. The first-order chi connectivity index (χ1) is 8.52. The number of piperidine rings is 1. The Balaban J connectivity index is 2.40. The van der Waals surface area contributed by atoms with Crippen LogP contribution in [0.1, 0.15) is 33.6 Å². The molecule has 108 valence electrons. The first-order valence-corrected chi connectivity index (χ1v) is 7.27. The van der Waals surface area contributed by atoms with E-state index in [2.05, 4.69) is 24.1 Å². The van der Waals surface area contributed by atoms with Crippen LogP contribution >= 0.6 is 0 Å². The molecule has 1 rings (SSSR count). The van der Waals surface area contributed by atoms with Gasteiger partial charge in [0, 0.05) is 25.7 Å². The molecule has 0 saturated carbocycles. The summed E-state index contributed by atoms with van der Waals surface area (Å²) in [6.07, 6.45) is 1.97. The maximum atomic E-state index is 9.78. The average molecular weight is 258 g/mol. The molecular weight excluding hydrogens is 228 g/mol. The molecule has 0 aliphatic carbocycles. The number of hydrogen-bond donors (Lipinski definition) is 3. The van der Waals surface area contributed by atoms with Crippen molar-refractivity contribution in [2.75, 3.05) is 32.8 Å². The Morgan fingerprint density at radius 2 is 2.00 bits per heavy atom. The Morgan fingerprint density at radius 1 is 1.28 bits per heavy atom. The minimum absolute atomic E-state index is 0.200. The van der Waals surface area contributed by atoms with Crippen molar-refractivity contribution in [1.29, 1.82) is 0 Å². The SMILES string of the molecule is CC(C)CCNC1CC(C(C)O)CN(CCO)C1. The Kier molecular flexibility index (Phi) is 7.15. The molecule has 0 amide bonds. The summed E-state index contributed by atoms with van der Waals surface area (Å²) >= 11 is 0. The highest BCUT2D eigenvalue weighted by Crippen LogP contribution is 2.20. The summed E-state index contributed by atoms with van der Waals surface area (Å²) < 4.78 is 0. The monoisotopic (exact) mass is 258 g/mol. The molecule has 1 aliphatic rings. The summed E-state index contributed by atoms with van der Waals surface area (Å²) in [4.78, 5) is 2.26. The summed E-state index contributed by atoms with van der Waals surface area (Å²) in [7, 11) is 0. The zero-order chi connectivity index (χ0) is 13.5. The van der Waals surface area contributed by atoms with E-state index in [0.717, 1.165) is 32.0 Å². The van der Waals surface area contributed by atoms with Gasteiger partial charge in [0.2, 0.25) is 0 Å². The van der Waals surface area contributed by atoms with E-state index in [1.54, 1.807) is 0 Å². The van der Waals surface area contributed by atoms with Crippen LogP contribution in [-0.2, 0) is 0 Å². The number of nitrogens with one attached hydrogen (secondary N) is 1. The number of β-amino-alcohol motifs (C(OH)–C–C–N with tert-alkyl or cyclic N) is 1. The van der Waals surface area contributed by atoms with Crippen molar-refractivity contribution in [3.05, 3.63) is 0 Å². The molecule has 3 unspecified atom stereocenters. The van der Waals surface area contributed by atoms with E-state index in [4.69, 9.17) is 5.11 Å². The molecular formula is C14H30N2O2. The van der Waals surface area contributed by atoms with Crippen LogP contribution in [-0.4, -0.2) is 60.0 Å². The van der Waals surface area contributed by atoms with Gasteiger partial charge in [0.15, 0.2) is 0 Å². The van der Waals surface area contributed by atoms with Gasteiger partial charge in [-0.05, 0) is 38.1 Å². The zero-order valence-corrected chi connectivity index (χ0v) is 12.1. The highest BCUT2D eigenvalue weighted by Gasteiger charge is 2.29. The predicted molar refractivity (Wildman–Crippen MR) is 74.6 cm³/mol. The van der Waals surface area contributed by atoms with Gasteiger partial charge in [-0.2, -0.15) is 0 Å². The van der Waals surface area contributed by atoms with Crippen molar-refractivity contribution in [1.82, 2.24) is 10.2 Å². The van der Waals surface area contributed by atoms with Crippen molar-refractivity contribution in [3.8, 4) is 0 Å². The van der Waals surface area contributed by atoms with Crippen LogP contribution in [0.2, 0.25) is 0 Å². The summed E-state index contributed by atoms with van der Waals surface area (Å²) in [6, 6.07) is 0.448. The molecule has 4 heteroatoms. The third kappa shape index (κ3) is 5.65. The number of nitrogens with zero attached hydrogens (tertiary/aromatic N) is 1. The minimum Gasteiger partial charge on any atom is -0.395 e. The van der Waals surface area contributed by atoms with Crippen molar-refractivity contribution < 1.29 is 10.2 Å². The Labute approximate surface area is 111 Å². The Hall–Kier alpha value is -0.160. The van der Waals surface area contributed by atoms with Gasteiger partial charge in [-0.3, -0.25) is 4.90 Å². The van der Waals surface area contributed by atoms with E-state index in [1.165, 1.54) is 6.42 Å². The molecule has 0 aromatic rings. The van der Waals surface area contributed by atoms with Gasteiger partial charge in [0.25, 0.3) is 0 Å². The third-order valence-electron chi connectivity index (χ3n) is 3.81. The standard InChI is InChI=1S/C14H30N2O2/c1-11(2)4-5-15-14-8-13(12(3)18)9-16(10-14)6-7-17/h11-15,17-18H,4-10H2,1-3H3. The Bertz CT molecular complexity index is 222. The lowest BCUT2D eigenvalue weighted by Crippen LogP contribution is -2.52. The average Bonchev–Trinajstić information content (AvgIpc) is 2.28. The van der Waals surface area contributed by atoms with Crippen LogP contribution in [0.15, 0.2) is 0 Å². The molecule has 1 aliphatic heterocycles. The number of aliphatic hydroxyl groups is 2. The predicted octanol–water partition coefficient (Wildman–Crippen LogP) is 0.686. The second kappa shape index (κ2) is 8.10. The van der Waals surface area contributed by atoms with E-state index in [9.17, 15) is 5.11 Å². The third-order valence-corrected chi connectivity index (χ3v) is 3.81. The van der Waals surface area contributed by atoms with Crippen LogP contribution in [0.4, 0.5) is 0 Å². The number of hydrogen-bond acceptors (Lipinski definition) is 4. The maximum absolute atomic E-state index is 9.78. The summed E-state index contributed by atoms with van der Waals surface area (Å²) in [5.41, 5.74) is 0. The smallest absolute Gasteiger partial charge is 0.0558 e. The van der Waals surface area contributed by atoms with E-state index in [1.807, 2.05) is 6.92 Å². The zero-order valence-electron chi connectivity index (χ0n) is 12.1. The lowest BCUT2D eigenvalue weighted by Gasteiger charge is -2.39. The molecule has 3 atom stereocenters. The fraction of sp³-hybridized carbons (Fsp3) is 1.00. The fourth-order valence-electron chi connectivity index (χ4n) is 2.63. The highest BCUT2D eigenvalue weighted by atomic mass is 16.3. The van der Waals surface area contributed by atoms with Crippen LogP contribution in [0, 0.1) is 11.8 Å². The lowest BCUT2D eigenvalue weighted by atomic mass is 9.90. The van der Waals surface area contributed by atoms with Crippen LogP contribution in [0.5, 0.6) is 0 Å². The second-order valence-corrected chi connectivity index (χ2v) is 6.05. The van der Waals surface area contributed by atoms with Gasteiger partial charge >= 0.3 is 0 Å². The minimum atomic E-state index is -0.263. The van der Waals surface area contributed by atoms with Gasteiger partial charge in [-0.1, -0.05) is 13.8 Å². The first kappa shape index (κ1) is 15.9. The molecule has 1 saturated heterocycles. The summed E-state index contributed by atoms with van der Waals surface area (Å²) in [5, 5.41) is 22.4. The van der Waals surface area contributed by atoms with Gasteiger partial charge < -0.3 is 15.5 Å². The first-order valence-electron chi connectivity index (χ1n) is 7.27. The lowest BCUT2D eigenvalue weighted by molar-refractivity contribution is 0.0411. The summed E-state index contributed by atoms with van der Waals surface area (Å²) in [5.74, 6) is 1.05. The van der Waals surface area contributed by atoms with E-state index >= 15 is 0 Å². The molecule has 3 N–H and O–H groups in total. The Morgan fingerprint density at radius 3 is 2.56 bits per heavy atom. The van der Waals surface area contributed by atoms with Crippen molar-refractivity contribution in [2.45, 2.75) is 45.8 Å². The molecule has 1 heterocycles. The second-order valence-electron chi connectivity index (χ2n) is 6.05. The highest BCUT2D eigenvalue weighted by molar-refractivity contribution is 4.85. The van der Waals surface area contributed by atoms with Crippen molar-refractivity contribution in [3.63, 3.8) is 0 Å². The van der Waals surface area contributed by atoms with Crippen molar-refractivity contribution >= 4 is 0 Å². The molecule has 1 fully saturated rings. The topological polar surface area (TPSA) is 55.7 Å².